The summed E-state index contributed by atoms with van der Waals surface area (Å²) in [5.41, 5.74) is 1.51. The second kappa shape index (κ2) is 31.6. The Bertz CT molecular complexity index is 4130. The van der Waals surface area contributed by atoms with Crippen LogP contribution in [0.4, 0.5) is 26.3 Å². The summed E-state index contributed by atoms with van der Waals surface area (Å²) in [4.78, 5) is 61.1. The SMILES string of the molecule is CCOC(=O)c1cnc(CC2(c3ccccc3)CCN(S(=O)(=O)c3ccc(C(F)(F)F)cc3)CC2)nc1.CCOC(=O)c1cnc(CC2(c3ccccc3)CCNCC2)nc1.O=C(CO)c1cnc(CC2(c3ccccc3)CCN(S(=O)(=O)c3ccc(C(F)(F)F)cc3)CC2)nc1. The van der Waals surface area contributed by atoms with Crippen LogP contribution in [0.15, 0.2) is 186 Å². The standard InChI is InChI=1S/C26H26F3N3O4S.C25H24F3N3O4S.C19H23N3O2/c1-2-36-24(33)19-17-30-23(31-18-19)16-25(20-6-4-3-5-7-20)12-14-32(15-13-25)37(34,35)22-10-8-21(9-11-22)26(27,28)29;26-25(27,28)20-6-8-21(9-7-20)36(34,35)31-12-10-24(11-13-31,19-4-2-1-3-5-19)14-23-29-15-18(16-30-23)22(33)17-32;1-2-24-18(23)15-13-21-17(22-14-15)12-19(8-10-20-11-9-19)16-6-4-3-5-7-16/h3-11,17-18H,2,12-16H2,1H3;1-9,15-16,32H,10-14,17H2;3-7,13-14,20H,2,8-12H2,1H3. The first-order valence-electron chi connectivity index (χ1n) is 31.5. The minimum Gasteiger partial charge on any atom is -0.462 e. The van der Waals surface area contributed by atoms with Crippen LogP contribution in [0.3, 0.4) is 0 Å². The summed E-state index contributed by atoms with van der Waals surface area (Å²) in [6, 6.07) is 36.9. The number of carbonyl (C=O) groups excluding carboxylic acids is 3. The zero-order valence-electron chi connectivity index (χ0n) is 53.3. The molecule has 0 atom stereocenters. The minimum absolute atomic E-state index is 0.0535. The zero-order valence-corrected chi connectivity index (χ0v) is 54.9. The molecule has 2 N–H and O–H groups in total. The van der Waals surface area contributed by atoms with Crippen LogP contribution in [0.2, 0.25) is 0 Å². The highest BCUT2D eigenvalue weighted by Gasteiger charge is 2.43. The highest BCUT2D eigenvalue weighted by molar-refractivity contribution is 7.89. The van der Waals surface area contributed by atoms with Crippen LogP contribution in [0, 0.1) is 0 Å². The number of hydrogen-bond donors (Lipinski definition) is 2. The Balaban J connectivity index is 0.000000175. The van der Waals surface area contributed by atoms with E-state index in [0.29, 0.717) is 62.3 Å². The number of rotatable bonds is 19. The van der Waals surface area contributed by atoms with Gasteiger partial charge in [0.05, 0.1) is 50.8 Å². The van der Waals surface area contributed by atoms with Gasteiger partial charge >= 0.3 is 24.3 Å². The molecule has 3 aliphatic heterocycles. The van der Waals surface area contributed by atoms with Gasteiger partial charge in [0.15, 0.2) is 5.78 Å². The van der Waals surface area contributed by atoms with Gasteiger partial charge in [-0.2, -0.15) is 35.0 Å². The summed E-state index contributed by atoms with van der Waals surface area (Å²) in [5, 5.41) is 12.5. The van der Waals surface area contributed by atoms with Crippen molar-refractivity contribution in [2.24, 2.45) is 0 Å². The molecule has 5 aromatic carbocycles. The summed E-state index contributed by atoms with van der Waals surface area (Å²) in [6.45, 7) is 6.13. The number of alkyl halides is 6. The average Bonchev–Trinajstić information content (AvgIpc) is 0.786. The number of esters is 2. The molecule has 19 nitrogen and oxygen atoms in total. The summed E-state index contributed by atoms with van der Waals surface area (Å²) in [7, 11) is -7.94. The number of carbonyl (C=O) groups is 3. The topological polar surface area (TPSA) is 254 Å². The maximum atomic E-state index is 13.2. The molecule has 0 unspecified atom stereocenters. The van der Waals surface area contributed by atoms with Crippen LogP contribution in [0.1, 0.15) is 129 Å². The third-order valence-electron chi connectivity index (χ3n) is 17.8. The van der Waals surface area contributed by atoms with Crippen LogP contribution < -0.4 is 5.32 Å². The van der Waals surface area contributed by atoms with E-state index in [4.69, 9.17) is 14.6 Å². The maximum absolute atomic E-state index is 13.2. The predicted molar refractivity (Wildman–Crippen MR) is 346 cm³/mol. The van der Waals surface area contributed by atoms with Gasteiger partial charge in [-0.05, 0) is 131 Å². The fourth-order valence-corrected chi connectivity index (χ4v) is 15.2. The monoisotopic (exact) mass is 1380 g/mol. The lowest BCUT2D eigenvalue weighted by molar-refractivity contribution is -0.138. The van der Waals surface area contributed by atoms with E-state index in [2.05, 4.69) is 59.5 Å². The van der Waals surface area contributed by atoms with Crippen molar-refractivity contribution in [3.8, 4) is 0 Å². The summed E-state index contributed by atoms with van der Waals surface area (Å²) in [5.74, 6) is 0.399. The molecule has 0 spiro atoms. The van der Waals surface area contributed by atoms with Crippen molar-refractivity contribution in [3.63, 3.8) is 0 Å². The molecule has 8 aromatic rings. The predicted octanol–water partition coefficient (Wildman–Crippen LogP) is 10.8. The van der Waals surface area contributed by atoms with Crippen molar-refractivity contribution < 1.29 is 72.1 Å². The molecule has 0 aliphatic carbocycles. The minimum atomic E-state index is -4.55. The number of halogens is 6. The number of hydrogen-bond acceptors (Lipinski definition) is 17. The van der Waals surface area contributed by atoms with Crippen LogP contribution in [-0.2, 0) is 77.4 Å². The molecule has 3 saturated heterocycles. The van der Waals surface area contributed by atoms with Crippen LogP contribution in [0.25, 0.3) is 0 Å². The van der Waals surface area contributed by atoms with Gasteiger partial charge in [0.1, 0.15) is 24.1 Å². The van der Waals surface area contributed by atoms with Gasteiger partial charge in [0, 0.05) is 98.9 Å². The molecular formula is C70H73F6N9O10S2. The molecule has 3 aromatic heterocycles. The fourth-order valence-electron chi connectivity index (χ4n) is 12.3. The normalized spacial score (nSPS) is 16.5. The number of ketones is 1. The number of sulfonamides is 2. The molecule has 27 heteroatoms. The van der Waals surface area contributed by atoms with Gasteiger partial charge in [-0.25, -0.2) is 56.3 Å². The van der Waals surface area contributed by atoms with Gasteiger partial charge in [0.2, 0.25) is 20.0 Å². The quantitative estimate of drug-likeness (QED) is 0.0433. The maximum Gasteiger partial charge on any atom is 0.416 e. The lowest BCUT2D eigenvalue weighted by Crippen LogP contribution is -2.46. The Hall–Kier alpha value is -8.73. The lowest BCUT2D eigenvalue weighted by atomic mass is 9.70. The van der Waals surface area contributed by atoms with Crippen LogP contribution in [-0.4, -0.2) is 137 Å². The zero-order chi connectivity index (χ0) is 69.5. The van der Waals surface area contributed by atoms with Crippen molar-refractivity contribution in [2.45, 2.75) is 110 Å². The molecule has 0 saturated carbocycles. The molecule has 3 aliphatic rings. The Morgan fingerprint density at radius 1 is 0.454 bits per heavy atom. The molecule has 11 rings (SSSR count). The highest BCUT2D eigenvalue weighted by Crippen LogP contribution is 2.43. The third kappa shape index (κ3) is 17.9. The first-order chi connectivity index (χ1) is 46.3. The Morgan fingerprint density at radius 3 is 1.02 bits per heavy atom. The Morgan fingerprint density at radius 2 is 0.742 bits per heavy atom. The van der Waals surface area contributed by atoms with Crippen molar-refractivity contribution in [1.29, 1.82) is 0 Å². The summed E-state index contributed by atoms with van der Waals surface area (Å²) < 4.78 is 143. The van der Waals surface area contributed by atoms with E-state index in [9.17, 15) is 57.6 Å². The van der Waals surface area contributed by atoms with Gasteiger partial charge in [-0.1, -0.05) is 91.0 Å². The first-order valence-corrected chi connectivity index (χ1v) is 34.3. The molecular weight excluding hydrogens is 1300 g/mol. The Labute approximate surface area is 558 Å². The lowest BCUT2D eigenvalue weighted by Gasteiger charge is -2.41. The number of aliphatic hydroxyl groups is 1. The molecule has 6 heterocycles. The van der Waals surface area contributed by atoms with E-state index in [1.807, 2.05) is 66.7 Å². The number of ether oxygens (including phenoxy) is 2. The number of nitrogens with zero attached hydrogens (tertiary/aromatic N) is 8. The number of Topliss-reactive ketones (excluding diaryl/α,β-unsaturated/α-hetero) is 1. The molecule has 0 bridgehead atoms. The van der Waals surface area contributed by atoms with E-state index in [1.165, 1.54) is 39.0 Å². The van der Waals surface area contributed by atoms with E-state index in [1.54, 1.807) is 26.2 Å². The van der Waals surface area contributed by atoms with Gasteiger partial charge in [-0.15, -0.1) is 0 Å². The van der Waals surface area contributed by atoms with Crippen molar-refractivity contribution in [2.75, 3.05) is 59.1 Å². The van der Waals surface area contributed by atoms with Crippen molar-refractivity contribution in [3.05, 3.63) is 239 Å². The summed E-state index contributed by atoms with van der Waals surface area (Å²) >= 11 is 0. The molecule has 512 valence electrons. The number of nitrogens with one attached hydrogen (secondary N) is 1. The highest BCUT2D eigenvalue weighted by atomic mass is 32.2. The second-order valence-electron chi connectivity index (χ2n) is 23.8. The van der Waals surface area contributed by atoms with E-state index in [-0.39, 0.29) is 65.1 Å². The molecule has 3 fully saturated rings. The fraction of sp³-hybridized carbons (Fsp3) is 0.357. The van der Waals surface area contributed by atoms with Crippen molar-refractivity contribution in [1.82, 2.24) is 43.8 Å². The number of benzene rings is 5. The number of aliphatic hydroxyl groups excluding tert-OH is 1. The smallest absolute Gasteiger partial charge is 0.416 e. The van der Waals surface area contributed by atoms with E-state index in [0.717, 1.165) is 97.8 Å². The van der Waals surface area contributed by atoms with Gasteiger partial charge < -0.3 is 19.9 Å². The van der Waals surface area contributed by atoms with E-state index < -0.39 is 72.7 Å². The molecule has 97 heavy (non-hydrogen) atoms. The third-order valence-corrected chi connectivity index (χ3v) is 21.6. The average molecular weight is 1380 g/mol. The van der Waals surface area contributed by atoms with Crippen LogP contribution in [0.5, 0.6) is 0 Å². The number of piperidine rings is 3. The summed E-state index contributed by atoms with van der Waals surface area (Å²) in [6.07, 6.45) is 5.14. The largest absolute Gasteiger partial charge is 0.462 e. The van der Waals surface area contributed by atoms with Gasteiger partial charge in [-0.3, -0.25) is 4.79 Å². The second-order valence-corrected chi connectivity index (χ2v) is 27.6. The van der Waals surface area contributed by atoms with Crippen LogP contribution >= 0.6 is 0 Å². The Kier molecular flexibility index (Phi) is 23.7. The first kappa shape index (κ1) is 72.5. The molecule has 0 radical (unpaired) electrons. The molecule has 0 amide bonds. The van der Waals surface area contributed by atoms with Crippen molar-refractivity contribution >= 4 is 37.8 Å². The van der Waals surface area contributed by atoms with E-state index >= 15 is 0 Å². The van der Waals surface area contributed by atoms with Gasteiger partial charge in [0.25, 0.3) is 0 Å². The number of aromatic nitrogens is 6.